The first-order chi connectivity index (χ1) is 13.2. The number of rotatable bonds is 4. The fraction of sp³-hybridized carbons (Fsp3) is 0.412. The van der Waals surface area contributed by atoms with Crippen LogP contribution in [0.4, 0.5) is 10.5 Å². The zero-order valence-electron chi connectivity index (χ0n) is 15.1. The van der Waals surface area contributed by atoms with Crippen molar-refractivity contribution in [1.29, 1.82) is 0 Å². The van der Waals surface area contributed by atoms with Crippen molar-refractivity contribution in [3.63, 3.8) is 0 Å². The summed E-state index contributed by atoms with van der Waals surface area (Å²) in [6.45, 7) is 1.82. The molecule has 0 radical (unpaired) electrons. The molecule has 2 aliphatic rings. The third-order valence-corrected chi connectivity index (χ3v) is 5.05. The van der Waals surface area contributed by atoms with Crippen LogP contribution >= 0.6 is 0 Å². The molecule has 2 aliphatic heterocycles. The van der Waals surface area contributed by atoms with Gasteiger partial charge in [0.1, 0.15) is 5.54 Å². The smallest absolute Gasteiger partial charge is 0.322 e. The largest absolute Gasteiger partial charge is 0.343 e. The molecule has 0 aliphatic carbocycles. The zero-order chi connectivity index (χ0) is 20.5. The molecule has 2 heterocycles. The second-order valence-electron chi connectivity index (χ2n) is 6.81. The van der Waals surface area contributed by atoms with Gasteiger partial charge in [0, 0.05) is 30.3 Å². The second kappa shape index (κ2) is 7.25. The van der Waals surface area contributed by atoms with E-state index in [9.17, 15) is 29.3 Å². The van der Waals surface area contributed by atoms with Crippen LogP contribution in [-0.4, -0.2) is 58.7 Å². The third-order valence-electron chi connectivity index (χ3n) is 5.05. The van der Waals surface area contributed by atoms with Crippen molar-refractivity contribution >= 4 is 29.4 Å². The van der Waals surface area contributed by atoms with Gasteiger partial charge in [-0.05, 0) is 25.8 Å². The number of hydrogen-bond donors (Lipinski definition) is 3. The van der Waals surface area contributed by atoms with E-state index in [0.717, 1.165) is 0 Å². The summed E-state index contributed by atoms with van der Waals surface area (Å²) in [7, 11) is 0. The molecule has 1 spiro atoms. The SMILES string of the molecule is Cc1ccc(C(=O)NCC(=O)N2CCC3(CC2)NC(=O)NC3=O)cc1[N+](=O)[O-]. The van der Waals surface area contributed by atoms with Crippen molar-refractivity contribution in [2.24, 2.45) is 0 Å². The minimum absolute atomic E-state index is 0.0908. The zero-order valence-corrected chi connectivity index (χ0v) is 15.1. The van der Waals surface area contributed by atoms with Gasteiger partial charge in [0.05, 0.1) is 11.5 Å². The summed E-state index contributed by atoms with van der Waals surface area (Å²) in [5, 5.41) is 18.2. The number of nitro groups is 1. The van der Waals surface area contributed by atoms with Gasteiger partial charge >= 0.3 is 6.03 Å². The number of imide groups is 1. The fourth-order valence-electron chi connectivity index (χ4n) is 3.34. The fourth-order valence-corrected chi connectivity index (χ4v) is 3.34. The van der Waals surface area contributed by atoms with E-state index in [2.05, 4.69) is 16.0 Å². The van der Waals surface area contributed by atoms with Crippen molar-refractivity contribution < 1.29 is 24.1 Å². The molecule has 1 aromatic rings. The topological polar surface area (TPSA) is 151 Å². The monoisotopic (exact) mass is 389 g/mol. The Kier molecular flexibility index (Phi) is 4.99. The second-order valence-corrected chi connectivity index (χ2v) is 6.81. The molecule has 0 atom stereocenters. The highest BCUT2D eigenvalue weighted by atomic mass is 16.6. The van der Waals surface area contributed by atoms with Crippen LogP contribution in [0.5, 0.6) is 0 Å². The molecule has 3 rings (SSSR count). The van der Waals surface area contributed by atoms with Crippen LogP contribution in [0.15, 0.2) is 18.2 Å². The Morgan fingerprint density at radius 1 is 1.29 bits per heavy atom. The van der Waals surface area contributed by atoms with Gasteiger partial charge in [-0.15, -0.1) is 0 Å². The number of nitrogens with one attached hydrogen (secondary N) is 3. The number of hydrogen-bond acceptors (Lipinski definition) is 6. The highest BCUT2D eigenvalue weighted by Gasteiger charge is 2.48. The summed E-state index contributed by atoms with van der Waals surface area (Å²) in [6.07, 6.45) is 0.572. The van der Waals surface area contributed by atoms with E-state index < -0.39 is 22.4 Å². The molecule has 0 saturated carbocycles. The van der Waals surface area contributed by atoms with Gasteiger partial charge in [-0.2, -0.15) is 0 Å². The Morgan fingerprint density at radius 2 is 1.96 bits per heavy atom. The molecular formula is C17H19N5O6. The summed E-state index contributed by atoms with van der Waals surface area (Å²) in [4.78, 5) is 59.7. The Bertz CT molecular complexity index is 875. The maximum atomic E-state index is 12.3. The Labute approximate surface area is 159 Å². The number of benzene rings is 1. The molecule has 0 unspecified atom stereocenters. The summed E-state index contributed by atoms with van der Waals surface area (Å²) in [5.74, 6) is -1.32. The van der Waals surface area contributed by atoms with Crippen LogP contribution in [0, 0.1) is 17.0 Å². The van der Waals surface area contributed by atoms with Gasteiger partial charge in [0.2, 0.25) is 5.91 Å². The Morgan fingerprint density at radius 3 is 2.54 bits per heavy atom. The van der Waals surface area contributed by atoms with E-state index in [1.54, 1.807) is 6.92 Å². The standard InChI is InChI=1S/C17H19N5O6/c1-10-2-3-11(8-12(10)22(27)28)14(24)18-9-13(23)21-6-4-17(5-7-21)15(25)19-16(26)20-17/h2-3,8H,4-7,9H2,1H3,(H,18,24)(H2,19,20,25,26). The third kappa shape index (κ3) is 3.63. The highest BCUT2D eigenvalue weighted by molar-refractivity contribution is 6.07. The number of amides is 5. The molecule has 11 nitrogen and oxygen atoms in total. The molecule has 1 aromatic carbocycles. The number of carbonyl (C=O) groups is 4. The summed E-state index contributed by atoms with van der Waals surface area (Å²) in [5.41, 5.74) is -0.620. The van der Waals surface area contributed by atoms with Crippen LogP contribution in [-0.2, 0) is 9.59 Å². The lowest BCUT2D eigenvalue weighted by Crippen LogP contribution is -2.56. The number of piperidine rings is 1. The van der Waals surface area contributed by atoms with Gasteiger partial charge in [-0.3, -0.25) is 29.8 Å². The Hall–Kier alpha value is -3.50. The van der Waals surface area contributed by atoms with Gasteiger partial charge in [0.15, 0.2) is 0 Å². The summed E-state index contributed by atoms with van der Waals surface area (Å²) >= 11 is 0. The van der Waals surface area contributed by atoms with E-state index in [-0.39, 0.29) is 55.5 Å². The van der Waals surface area contributed by atoms with Crippen molar-refractivity contribution in [2.75, 3.05) is 19.6 Å². The average molecular weight is 389 g/mol. The lowest BCUT2D eigenvalue weighted by Gasteiger charge is -2.37. The molecule has 0 aromatic heterocycles. The number of aryl methyl sites for hydroxylation is 1. The molecule has 5 amide bonds. The quantitative estimate of drug-likeness (QED) is 0.370. The first kappa shape index (κ1) is 19.3. The number of nitro benzene ring substituents is 1. The van der Waals surface area contributed by atoms with Crippen LogP contribution in [0.3, 0.4) is 0 Å². The van der Waals surface area contributed by atoms with Crippen molar-refractivity contribution in [3.8, 4) is 0 Å². The van der Waals surface area contributed by atoms with E-state index >= 15 is 0 Å². The van der Waals surface area contributed by atoms with Crippen LogP contribution < -0.4 is 16.0 Å². The summed E-state index contributed by atoms with van der Waals surface area (Å²) < 4.78 is 0. The van der Waals surface area contributed by atoms with E-state index in [1.807, 2.05) is 0 Å². The molecule has 28 heavy (non-hydrogen) atoms. The van der Waals surface area contributed by atoms with Crippen molar-refractivity contribution in [3.05, 3.63) is 39.4 Å². The normalized spacial score (nSPS) is 17.8. The van der Waals surface area contributed by atoms with Gasteiger partial charge in [0.25, 0.3) is 17.5 Å². The average Bonchev–Trinajstić information content (AvgIpc) is 2.93. The first-order valence-electron chi connectivity index (χ1n) is 8.66. The van der Waals surface area contributed by atoms with E-state index in [4.69, 9.17) is 0 Å². The molecule has 2 fully saturated rings. The lowest BCUT2D eigenvalue weighted by atomic mass is 9.88. The molecule has 11 heteroatoms. The van der Waals surface area contributed by atoms with Crippen LogP contribution in [0.2, 0.25) is 0 Å². The van der Waals surface area contributed by atoms with Gasteiger partial charge in [-0.25, -0.2) is 4.79 Å². The van der Waals surface area contributed by atoms with Crippen molar-refractivity contribution in [2.45, 2.75) is 25.3 Å². The molecule has 3 N–H and O–H groups in total. The van der Waals surface area contributed by atoms with Gasteiger partial charge < -0.3 is 15.5 Å². The molecule has 148 valence electrons. The van der Waals surface area contributed by atoms with E-state index in [1.165, 1.54) is 23.1 Å². The van der Waals surface area contributed by atoms with Gasteiger partial charge in [-0.1, -0.05) is 6.07 Å². The first-order valence-corrected chi connectivity index (χ1v) is 8.66. The minimum Gasteiger partial charge on any atom is -0.343 e. The molecular weight excluding hydrogens is 370 g/mol. The predicted octanol–water partition coefficient (Wildman–Crippen LogP) is -0.166. The highest BCUT2D eigenvalue weighted by Crippen LogP contribution is 2.25. The molecule has 2 saturated heterocycles. The maximum absolute atomic E-state index is 12.3. The number of nitrogens with zero attached hydrogens (tertiary/aromatic N) is 2. The predicted molar refractivity (Wildman–Crippen MR) is 95.4 cm³/mol. The number of urea groups is 1. The minimum atomic E-state index is -0.974. The lowest BCUT2D eigenvalue weighted by molar-refractivity contribution is -0.385. The van der Waals surface area contributed by atoms with Crippen LogP contribution in [0.25, 0.3) is 0 Å². The number of likely N-dealkylation sites (tertiary alicyclic amines) is 1. The summed E-state index contributed by atoms with van der Waals surface area (Å²) in [6, 6.07) is 3.55. The van der Waals surface area contributed by atoms with Crippen molar-refractivity contribution in [1.82, 2.24) is 20.9 Å². The molecule has 0 bridgehead atoms. The van der Waals surface area contributed by atoms with Crippen LogP contribution in [0.1, 0.15) is 28.8 Å². The van der Waals surface area contributed by atoms with E-state index in [0.29, 0.717) is 5.56 Å². The Balaban J connectivity index is 1.54. The number of carbonyl (C=O) groups excluding carboxylic acids is 4. The maximum Gasteiger partial charge on any atom is 0.322 e.